The summed E-state index contributed by atoms with van der Waals surface area (Å²) in [5, 5.41) is 10.3. The molecule has 1 unspecified atom stereocenters. The van der Waals surface area contributed by atoms with Gasteiger partial charge >= 0.3 is 0 Å². The van der Waals surface area contributed by atoms with E-state index < -0.39 is 6.10 Å². The third-order valence-corrected chi connectivity index (χ3v) is 4.06. The first-order valence-corrected chi connectivity index (χ1v) is 7.66. The van der Waals surface area contributed by atoms with Crippen LogP contribution >= 0.6 is 31.9 Å². The summed E-state index contributed by atoms with van der Waals surface area (Å²) in [7, 11) is 0. The molecule has 0 fully saturated rings. The first kappa shape index (κ1) is 15.5. The minimum Gasteiger partial charge on any atom is -0.493 e. The number of rotatable bonds is 4. The standard InChI is InChI=1S/C15H13Br2FO2/c1-2-20-14-6-4-10(8-12(14)17)15(19)9-3-5-13(18)11(16)7-9/h3-8,15,19H,2H2,1H3. The Balaban J connectivity index is 2.30. The molecule has 2 nitrogen and oxygen atoms in total. The van der Waals surface area contributed by atoms with Gasteiger partial charge in [0.2, 0.25) is 0 Å². The van der Waals surface area contributed by atoms with Gasteiger partial charge in [-0.3, -0.25) is 0 Å². The molecule has 0 spiro atoms. The third-order valence-electron chi connectivity index (χ3n) is 2.83. The lowest BCUT2D eigenvalue weighted by Gasteiger charge is -2.14. The van der Waals surface area contributed by atoms with E-state index in [4.69, 9.17) is 4.74 Å². The molecule has 0 saturated heterocycles. The number of benzene rings is 2. The number of aliphatic hydroxyl groups excluding tert-OH is 1. The highest BCUT2D eigenvalue weighted by molar-refractivity contribution is 9.10. The first-order valence-electron chi connectivity index (χ1n) is 6.08. The topological polar surface area (TPSA) is 29.5 Å². The van der Waals surface area contributed by atoms with Crippen LogP contribution in [0.4, 0.5) is 4.39 Å². The van der Waals surface area contributed by atoms with Crippen LogP contribution in [0.3, 0.4) is 0 Å². The van der Waals surface area contributed by atoms with Crippen LogP contribution in [-0.4, -0.2) is 11.7 Å². The van der Waals surface area contributed by atoms with Gasteiger partial charge in [-0.1, -0.05) is 12.1 Å². The summed E-state index contributed by atoms with van der Waals surface area (Å²) in [6.45, 7) is 2.48. The van der Waals surface area contributed by atoms with Crippen molar-refractivity contribution in [3.05, 3.63) is 62.3 Å². The zero-order valence-corrected chi connectivity index (χ0v) is 13.9. The largest absolute Gasteiger partial charge is 0.493 e. The van der Waals surface area contributed by atoms with Crippen LogP contribution in [-0.2, 0) is 0 Å². The fraction of sp³-hybridized carbons (Fsp3) is 0.200. The lowest BCUT2D eigenvalue weighted by Crippen LogP contribution is -2.01. The van der Waals surface area contributed by atoms with E-state index in [-0.39, 0.29) is 5.82 Å². The molecular weight excluding hydrogens is 391 g/mol. The van der Waals surface area contributed by atoms with Crippen molar-refractivity contribution in [2.24, 2.45) is 0 Å². The molecule has 0 bridgehead atoms. The summed E-state index contributed by atoms with van der Waals surface area (Å²) >= 11 is 6.53. The van der Waals surface area contributed by atoms with Crippen molar-refractivity contribution >= 4 is 31.9 Å². The van der Waals surface area contributed by atoms with Gasteiger partial charge in [0, 0.05) is 0 Å². The Bertz CT molecular complexity index is 617. The van der Waals surface area contributed by atoms with Gasteiger partial charge in [0.05, 0.1) is 15.6 Å². The number of hydrogen-bond donors (Lipinski definition) is 1. The fourth-order valence-corrected chi connectivity index (χ4v) is 2.74. The second-order valence-corrected chi connectivity index (χ2v) is 5.91. The van der Waals surface area contributed by atoms with Crippen LogP contribution in [0.25, 0.3) is 0 Å². The fourth-order valence-electron chi connectivity index (χ4n) is 1.83. The van der Waals surface area contributed by atoms with Crippen LogP contribution < -0.4 is 4.74 Å². The Kier molecular flexibility index (Phi) is 5.18. The molecule has 106 valence electrons. The van der Waals surface area contributed by atoms with Gasteiger partial charge in [-0.05, 0) is 74.2 Å². The lowest BCUT2D eigenvalue weighted by molar-refractivity contribution is 0.220. The van der Waals surface area contributed by atoms with E-state index in [1.807, 2.05) is 6.92 Å². The molecule has 0 radical (unpaired) electrons. The van der Waals surface area contributed by atoms with Gasteiger partial charge in [0.25, 0.3) is 0 Å². The average Bonchev–Trinajstić information content (AvgIpc) is 2.43. The maximum Gasteiger partial charge on any atom is 0.137 e. The molecule has 0 amide bonds. The minimum absolute atomic E-state index is 0.332. The number of ether oxygens (including phenoxy) is 1. The quantitative estimate of drug-likeness (QED) is 0.791. The highest BCUT2D eigenvalue weighted by atomic mass is 79.9. The van der Waals surface area contributed by atoms with Crippen molar-refractivity contribution in [2.45, 2.75) is 13.0 Å². The van der Waals surface area contributed by atoms with E-state index in [9.17, 15) is 9.50 Å². The molecule has 0 aliphatic carbocycles. The second kappa shape index (κ2) is 6.70. The van der Waals surface area contributed by atoms with Gasteiger partial charge in [-0.2, -0.15) is 0 Å². The van der Waals surface area contributed by atoms with Gasteiger partial charge in [0.1, 0.15) is 17.7 Å². The molecule has 2 rings (SSSR count). The molecular formula is C15H13Br2FO2. The van der Waals surface area contributed by atoms with Gasteiger partial charge in [-0.25, -0.2) is 4.39 Å². The predicted molar refractivity (Wildman–Crippen MR) is 83.5 cm³/mol. The van der Waals surface area contributed by atoms with Crippen molar-refractivity contribution in [2.75, 3.05) is 6.61 Å². The summed E-state index contributed by atoms with van der Waals surface area (Å²) < 4.78 is 19.7. The summed E-state index contributed by atoms with van der Waals surface area (Å²) in [5.74, 6) is 0.373. The Labute approximate surface area is 133 Å². The van der Waals surface area contributed by atoms with E-state index in [1.165, 1.54) is 6.07 Å². The second-order valence-electron chi connectivity index (χ2n) is 4.20. The molecule has 0 aromatic heterocycles. The normalized spacial score (nSPS) is 12.2. The first-order chi connectivity index (χ1) is 9.52. The van der Waals surface area contributed by atoms with E-state index in [2.05, 4.69) is 31.9 Å². The maximum absolute atomic E-state index is 13.2. The maximum atomic E-state index is 13.2. The molecule has 0 saturated carbocycles. The smallest absolute Gasteiger partial charge is 0.137 e. The number of aliphatic hydroxyl groups is 1. The van der Waals surface area contributed by atoms with Crippen molar-refractivity contribution < 1.29 is 14.2 Å². The van der Waals surface area contributed by atoms with E-state index >= 15 is 0 Å². The average molecular weight is 404 g/mol. The van der Waals surface area contributed by atoms with Gasteiger partial charge < -0.3 is 9.84 Å². The van der Waals surface area contributed by atoms with Crippen LogP contribution in [0.2, 0.25) is 0 Å². The molecule has 0 aliphatic heterocycles. The summed E-state index contributed by atoms with van der Waals surface area (Å²) in [4.78, 5) is 0. The van der Waals surface area contributed by atoms with Crippen LogP contribution in [0.5, 0.6) is 5.75 Å². The molecule has 5 heteroatoms. The van der Waals surface area contributed by atoms with Crippen LogP contribution in [0, 0.1) is 5.82 Å². The van der Waals surface area contributed by atoms with Gasteiger partial charge in [-0.15, -0.1) is 0 Å². The minimum atomic E-state index is -0.820. The highest BCUT2D eigenvalue weighted by Gasteiger charge is 2.14. The number of halogens is 3. The van der Waals surface area contributed by atoms with E-state index in [1.54, 1.807) is 30.3 Å². The zero-order chi connectivity index (χ0) is 14.7. The van der Waals surface area contributed by atoms with Crippen LogP contribution in [0.1, 0.15) is 24.2 Å². The Morgan fingerprint density at radius 3 is 2.25 bits per heavy atom. The summed E-state index contributed by atoms with van der Waals surface area (Å²) in [6, 6.07) is 9.85. The molecule has 20 heavy (non-hydrogen) atoms. The van der Waals surface area contributed by atoms with E-state index in [0.717, 1.165) is 10.2 Å². The SMILES string of the molecule is CCOc1ccc(C(O)c2ccc(F)c(Br)c2)cc1Br. The van der Waals surface area contributed by atoms with Crippen molar-refractivity contribution in [3.63, 3.8) is 0 Å². The summed E-state index contributed by atoms with van der Waals surface area (Å²) in [5.41, 5.74) is 1.33. The number of hydrogen-bond acceptors (Lipinski definition) is 2. The Morgan fingerprint density at radius 2 is 1.70 bits per heavy atom. The predicted octanol–water partition coefficient (Wildman–Crippen LogP) is 4.83. The molecule has 1 atom stereocenters. The Hall–Kier alpha value is -0.910. The molecule has 0 heterocycles. The molecule has 2 aromatic carbocycles. The Morgan fingerprint density at radius 1 is 1.10 bits per heavy atom. The van der Waals surface area contributed by atoms with Gasteiger partial charge in [0.15, 0.2) is 0 Å². The monoisotopic (exact) mass is 402 g/mol. The van der Waals surface area contributed by atoms with Crippen molar-refractivity contribution in [3.8, 4) is 5.75 Å². The summed E-state index contributed by atoms with van der Waals surface area (Å²) in [6.07, 6.45) is -0.820. The van der Waals surface area contributed by atoms with Crippen molar-refractivity contribution in [1.82, 2.24) is 0 Å². The van der Waals surface area contributed by atoms with E-state index in [0.29, 0.717) is 22.2 Å². The molecule has 1 N–H and O–H groups in total. The van der Waals surface area contributed by atoms with Crippen LogP contribution in [0.15, 0.2) is 45.3 Å². The van der Waals surface area contributed by atoms with Crippen molar-refractivity contribution in [1.29, 1.82) is 0 Å². The lowest BCUT2D eigenvalue weighted by atomic mass is 10.0. The highest BCUT2D eigenvalue weighted by Crippen LogP contribution is 2.32. The third kappa shape index (κ3) is 3.40. The molecule has 0 aliphatic rings. The zero-order valence-electron chi connectivity index (χ0n) is 10.7. The molecule has 2 aromatic rings.